The average molecular weight is 398 g/mol. The van der Waals surface area contributed by atoms with Crippen molar-refractivity contribution in [2.24, 2.45) is 0 Å². The van der Waals surface area contributed by atoms with Crippen LogP contribution in [-0.4, -0.2) is 54.4 Å². The Morgan fingerprint density at radius 2 is 1.68 bits per heavy atom. The van der Waals surface area contributed by atoms with E-state index >= 15 is 0 Å². The Morgan fingerprint density at radius 1 is 0.964 bits per heavy atom. The number of piperazine rings is 1. The van der Waals surface area contributed by atoms with E-state index in [4.69, 9.17) is 0 Å². The van der Waals surface area contributed by atoms with E-state index in [2.05, 4.69) is 22.3 Å². The second kappa shape index (κ2) is 9.64. The van der Waals surface area contributed by atoms with E-state index in [0.29, 0.717) is 5.75 Å². The number of thioether (sulfide) groups is 1. The third-order valence-electron chi connectivity index (χ3n) is 4.87. The fourth-order valence-electron chi connectivity index (χ4n) is 3.32. The Hall–Kier alpha value is -2.47. The van der Waals surface area contributed by atoms with E-state index in [1.165, 1.54) is 23.0 Å². The second-order valence-electron chi connectivity index (χ2n) is 7.06. The van der Waals surface area contributed by atoms with Gasteiger partial charge in [0, 0.05) is 37.6 Å². The van der Waals surface area contributed by atoms with E-state index in [1.54, 1.807) is 0 Å². The Balaban J connectivity index is 1.38. The van der Waals surface area contributed by atoms with Crippen molar-refractivity contribution >= 4 is 35.0 Å². The van der Waals surface area contributed by atoms with Gasteiger partial charge in [-0.05, 0) is 37.6 Å². The summed E-state index contributed by atoms with van der Waals surface area (Å²) in [6, 6.07) is 16.2. The summed E-state index contributed by atoms with van der Waals surface area (Å²) in [4.78, 5) is 28.8. The van der Waals surface area contributed by atoms with Crippen LogP contribution in [0.2, 0.25) is 0 Å². The molecule has 0 atom stereocenters. The maximum absolute atomic E-state index is 12.4. The highest BCUT2D eigenvalue weighted by molar-refractivity contribution is 8.00. The number of anilines is 2. The molecule has 2 aromatic rings. The van der Waals surface area contributed by atoms with Crippen LogP contribution in [0.25, 0.3) is 0 Å². The highest BCUT2D eigenvalue weighted by Crippen LogP contribution is 2.18. The number of hydrogen-bond acceptors (Lipinski definition) is 4. The fourth-order valence-corrected chi connectivity index (χ4v) is 4.03. The SMILES string of the molecule is Cc1ccc(NC(=O)CSCC(=O)N2CCN(c3ccccc3)CC2)c(C)c1. The van der Waals surface area contributed by atoms with E-state index in [9.17, 15) is 9.59 Å². The first kappa shape index (κ1) is 20.3. The minimum atomic E-state index is -0.0707. The molecule has 3 rings (SSSR count). The lowest BCUT2D eigenvalue weighted by Crippen LogP contribution is -2.49. The molecule has 0 radical (unpaired) electrons. The lowest BCUT2D eigenvalue weighted by Gasteiger charge is -2.36. The third kappa shape index (κ3) is 5.52. The number of carbonyl (C=O) groups is 2. The molecule has 6 heteroatoms. The van der Waals surface area contributed by atoms with Gasteiger partial charge in [0.05, 0.1) is 11.5 Å². The van der Waals surface area contributed by atoms with Crippen molar-refractivity contribution in [1.82, 2.24) is 4.90 Å². The van der Waals surface area contributed by atoms with Crippen molar-refractivity contribution in [1.29, 1.82) is 0 Å². The Labute approximate surface area is 171 Å². The van der Waals surface area contributed by atoms with Gasteiger partial charge in [-0.15, -0.1) is 11.8 Å². The van der Waals surface area contributed by atoms with E-state index < -0.39 is 0 Å². The van der Waals surface area contributed by atoms with Gasteiger partial charge in [-0.25, -0.2) is 0 Å². The van der Waals surface area contributed by atoms with Crippen LogP contribution in [0.15, 0.2) is 48.5 Å². The topological polar surface area (TPSA) is 52.7 Å². The molecular formula is C22H27N3O2S. The van der Waals surface area contributed by atoms with Gasteiger partial charge in [0.25, 0.3) is 0 Å². The Kier molecular flexibility index (Phi) is 6.98. The minimum absolute atomic E-state index is 0.0707. The summed E-state index contributed by atoms with van der Waals surface area (Å²) >= 11 is 1.37. The summed E-state index contributed by atoms with van der Waals surface area (Å²) in [6.07, 6.45) is 0. The number of carbonyl (C=O) groups excluding carboxylic acids is 2. The van der Waals surface area contributed by atoms with Crippen LogP contribution in [0.4, 0.5) is 11.4 Å². The molecule has 1 heterocycles. The number of amides is 2. The number of aryl methyl sites for hydroxylation is 2. The molecule has 28 heavy (non-hydrogen) atoms. The smallest absolute Gasteiger partial charge is 0.234 e. The Bertz CT molecular complexity index is 818. The van der Waals surface area contributed by atoms with Crippen LogP contribution in [0.1, 0.15) is 11.1 Å². The third-order valence-corrected chi connectivity index (χ3v) is 5.79. The van der Waals surface area contributed by atoms with Crippen molar-refractivity contribution < 1.29 is 9.59 Å². The number of para-hydroxylation sites is 1. The van der Waals surface area contributed by atoms with Crippen LogP contribution in [0.5, 0.6) is 0 Å². The van der Waals surface area contributed by atoms with Gasteiger partial charge >= 0.3 is 0 Å². The number of rotatable bonds is 6. The summed E-state index contributed by atoms with van der Waals surface area (Å²) in [5, 5.41) is 2.92. The average Bonchev–Trinajstić information content (AvgIpc) is 2.71. The van der Waals surface area contributed by atoms with Crippen molar-refractivity contribution in [3.8, 4) is 0 Å². The van der Waals surface area contributed by atoms with Gasteiger partial charge < -0.3 is 15.1 Å². The van der Waals surface area contributed by atoms with E-state index in [0.717, 1.165) is 37.4 Å². The van der Waals surface area contributed by atoms with Gasteiger partial charge in [0.2, 0.25) is 11.8 Å². The molecule has 2 amide bonds. The van der Waals surface area contributed by atoms with Gasteiger partial charge in [-0.1, -0.05) is 35.9 Å². The summed E-state index contributed by atoms with van der Waals surface area (Å²) in [5.74, 6) is 0.657. The maximum atomic E-state index is 12.4. The number of hydrogen-bond donors (Lipinski definition) is 1. The molecule has 0 aliphatic carbocycles. The highest BCUT2D eigenvalue weighted by Gasteiger charge is 2.21. The minimum Gasteiger partial charge on any atom is -0.368 e. The van der Waals surface area contributed by atoms with Gasteiger partial charge in [-0.2, -0.15) is 0 Å². The monoisotopic (exact) mass is 397 g/mol. The van der Waals surface area contributed by atoms with Crippen molar-refractivity contribution in [2.75, 3.05) is 47.9 Å². The van der Waals surface area contributed by atoms with E-state index in [-0.39, 0.29) is 17.6 Å². The first-order chi connectivity index (χ1) is 13.5. The molecule has 148 valence electrons. The molecule has 0 spiro atoms. The van der Waals surface area contributed by atoms with Crippen LogP contribution < -0.4 is 10.2 Å². The molecule has 1 saturated heterocycles. The fraction of sp³-hybridized carbons (Fsp3) is 0.364. The van der Waals surface area contributed by atoms with Gasteiger partial charge in [0.1, 0.15) is 0 Å². The largest absolute Gasteiger partial charge is 0.368 e. The summed E-state index contributed by atoms with van der Waals surface area (Å²) < 4.78 is 0. The molecular weight excluding hydrogens is 370 g/mol. The summed E-state index contributed by atoms with van der Waals surface area (Å²) in [5.41, 5.74) is 4.25. The van der Waals surface area contributed by atoms with Crippen LogP contribution in [-0.2, 0) is 9.59 Å². The molecule has 5 nitrogen and oxygen atoms in total. The van der Waals surface area contributed by atoms with Crippen LogP contribution in [0, 0.1) is 13.8 Å². The molecule has 0 saturated carbocycles. The normalized spacial score (nSPS) is 14.1. The van der Waals surface area contributed by atoms with Crippen LogP contribution in [0.3, 0.4) is 0 Å². The van der Waals surface area contributed by atoms with Crippen molar-refractivity contribution in [3.05, 3.63) is 59.7 Å². The zero-order valence-corrected chi connectivity index (χ0v) is 17.3. The molecule has 1 N–H and O–H groups in total. The summed E-state index contributed by atoms with van der Waals surface area (Å²) in [6.45, 7) is 7.14. The molecule has 0 bridgehead atoms. The molecule has 0 aromatic heterocycles. The predicted molar refractivity (Wildman–Crippen MR) is 117 cm³/mol. The molecule has 1 fully saturated rings. The Morgan fingerprint density at radius 3 is 2.36 bits per heavy atom. The molecule has 1 aliphatic rings. The maximum Gasteiger partial charge on any atom is 0.234 e. The van der Waals surface area contributed by atoms with Gasteiger partial charge in [0.15, 0.2) is 0 Å². The molecule has 0 unspecified atom stereocenters. The van der Waals surface area contributed by atoms with Crippen molar-refractivity contribution in [3.63, 3.8) is 0 Å². The number of nitrogens with one attached hydrogen (secondary N) is 1. The van der Waals surface area contributed by atoms with E-state index in [1.807, 2.05) is 55.1 Å². The van der Waals surface area contributed by atoms with Gasteiger partial charge in [-0.3, -0.25) is 9.59 Å². The number of nitrogens with zero attached hydrogens (tertiary/aromatic N) is 2. The van der Waals surface area contributed by atoms with Crippen LogP contribution >= 0.6 is 11.8 Å². The lowest BCUT2D eigenvalue weighted by atomic mass is 10.1. The highest BCUT2D eigenvalue weighted by atomic mass is 32.2. The molecule has 1 aliphatic heterocycles. The summed E-state index contributed by atoms with van der Waals surface area (Å²) in [7, 11) is 0. The quantitative estimate of drug-likeness (QED) is 0.812. The number of benzene rings is 2. The molecule has 2 aromatic carbocycles. The predicted octanol–water partition coefficient (Wildman–Crippen LogP) is 3.32. The zero-order valence-electron chi connectivity index (χ0n) is 16.5. The first-order valence-electron chi connectivity index (χ1n) is 9.55. The standard InChI is InChI=1S/C22H27N3O2S/c1-17-8-9-20(18(2)14-17)23-21(26)15-28-16-22(27)25-12-10-24(11-13-25)19-6-4-3-5-7-19/h3-9,14H,10-13,15-16H2,1-2H3,(H,23,26). The van der Waals surface area contributed by atoms with Crippen molar-refractivity contribution in [2.45, 2.75) is 13.8 Å². The first-order valence-corrected chi connectivity index (χ1v) is 10.7. The lowest BCUT2D eigenvalue weighted by molar-refractivity contribution is -0.128. The zero-order chi connectivity index (χ0) is 19.9. The second-order valence-corrected chi connectivity index (χ2v) is 8.05.